The highest BCUT2D eigenvalue weighted by molar-refractivity contribution is 14.0. The molecule has 0 spiro atoms. The van der Waals surface area contributed by atoms with E-state index in [1.807, 2.05) is 24.3 Å². The van der Waals surface area contributed by atoms with Gasteiger partial charge in [0.25, 0.3) is 0 Å². The molecule has 3 aromatic rings. The van der Waals surface area contributed by atoms with E-state index >= 15 is 0 Å². The number of nitrogens with one attached hydrogen (secondary N) is 2. The second kappa shape index (κ2) is 11.6. The minimum Gasteiger partial charge on any atom is -0.434 e. The number of alkyl halides is 2. The van der Waals surface area contributed by atoms with Gasteiger partial charge in [-0.15, -0.1) is 24.0 Å². The van der Waals surface area contributed by atoms with E-state index in [4.69, 9.17) is 11.6 Å². The molecule has 0 aliphatic carbocycles. The normalized spacial score (nSPS) is 11.2. The van der Waals surface area contributed by atoms with Gasteiger partial charge >= 0.3 is 6.61 Å². The summed E-state index contributed by atoms with van der Waals surface area (Å²) in [7, 11) is 1.62. The molecule has 0 unspecified atom stereocenters. The van der Waals surface area contributed by atoms with Crippen LogP contribution < -0.4 is 15.4 Å². The highest BCUT2D eigenvalue weighted by Gasteiger charge is 2.11. The number of hydrogen-bond donors (Lipinski definition) is 2. The molecule has 0 saturated heterocycles. The highest BCUT2D eigenvalue weighted by atomic mass is 127. The summed E-state index contributed by atoms with van der Waals surface area (Å²) < 4.78 is 31.3. The van der Waals surface area contributed by atoms with Crippen LogP contribution in [0.5, 0.6) is 5.75 Å². The molecule has 0 radical (unpaired) electrons. The summed E-state index contributed by atoms with van der Waals surface area (Å²) in [4.78, 5) is 8.06. The predicted octanol–water partition coefficient (Wildman–Crippen LogP) is 4.01. The summed E-state index contributed by atoms with van der Waals surface area (Å²) in [5.74, 6) is 0.573. The first kappa shape index (κ1) is 23.8. The monoisotopic (exact) mass is 548 g/mol. The lowest BCUT2D eigenvalue weighted by molar-refractivity contribution is -0.0504. The molecule has 0 bridgehead atoms. The van der Waals surface area contributed by atoms with Crippen molar-refractivity contribution >= 4 is 41.5 Å². The molecule has 11 heteroatoms. The predicted molar refractivity (Wildman–Crippen MR) is 122 cm³/mol. The Balaban J connectivity index is 0.00000320. The fourth-order valence-electron chi connectivity index (χ4n) is 2.59. The standard InChI is InChI=1S/C19H19ClF2N6O.HI/c1-23-19(26-10-14-8-15(20)4-7-17(14)29-18(21)22)25-9-13-2-5-16(6-3-13)28-12-24-11-27-28;/h2-8,11-12,18H,9-10H2,1H3,(H2,23,25,26);1H. The van der Waals surface area contributed by atoms with Crippen molar-refractivity contribution in [3.05, 3.63) is 71.3 Å². The Hall–Kier alpha value is -2.47. The van der Waals surface area contributed by atoms with Gasteiger partial charge in [0.1, 0.15) is 18.4 Å². The maximum Gasteiger partial charge on any atom is 0.387 e. The number of aliphatic imine (C=N–C) groups is 1. The Kier molecular flexibility index (Phi) is 9.24. The van der Waals surface area contributed by atoms with Crippen LogP contribution in [-0.2, 0) is 13.1 Å². The van der Waals surface area contributed by atoms with Gasteiger partial charge in [0, 0.05) is 30.7 Å². The van der Waals surface area contributed by atoms with Gasteiger partial charge in [0.15, 0.2) is 5.96 Å². The Morgan fingerprint density at radius 2 is 1.90 bits per heavy atom. The van der Waals surface area contributed by atoms with Gasteiger partial charge in [0.05, 0.1) is 5.69 Å². The summed E-state index contributed by atoms with van der Waals surface area (Å²) in [5.41, 5.74) is 2.43. The van der Waals surface area contributed by atoms with Gasteiger partial charge in [-0.2, -0.15) is 13.9 Å². The van der Waals surface area contributed by atoms with E-state index in [2.05, 4.69) is 30.4 Å². The molecule has 0 aliphatic heterocycles. The molecule has 1 heterocycles. The number of aromatic nitrogens is 3. The van der Waals surface area contributed by atoms with E-state index in [0.29, 0.717) is 23.1 Å². The smallest absolute Gasteiger partial charge is 0.387 e. The second-order valence-corrected chi connectivity index (χ2v) is 6.35. The first-order chi connectivity index (χ1) is 14.0. The van der Waals surface area contributed by atoms with Gasteiger partial charge in [-0.3, -0.25) is 4.99 Å². The largest absolute Gasteiger partial charge is 0.434 e. The lowest BCUT2D eigenvalue weighted by atomic mass is 10.2. The second-order valence-electron chi connectivity index (χ2n) is 5.92. The number of rotatable bonds is 7. The van der Waals surface area contributed by atoms with Crippen molar-refractivity contribution < 1.29 is 13.5 Å². The Labute approximate surface area is 194 Å². The number of guanidine groups is 1. The summed E-state index contributed by atoms with van der Waals surface area (Å²) in [6.07, 6.45) is 3.10. The molecule has 7 nitrogen and oxygen atoms in total. The van der Waals surface area contributed by atoms with Crippen molar-refractivity contribution in [1.82, 2.24) is 25.4 Å². The van der Waals surface area contributed by atoms with Crippen LogP contribution in [-0.4, -0.2) is 34.4 Å². The molecule has 2 aromatic carbocycles. The van der Waals surface area contributed by atoms with Gasteiger partial charge in [0.2, 0.25) is 0 Å². The van der Waals surface area contributed by atoms with E-state index < -0.39 is 6.61 Å². The Bertz CT molecular complexity index is 954. The molecule has 0 amide bonds. The van der Waals surface area contributed by atoms with Crippen molar-refractivity contribution in [2.75, 3.05) is 7.05 Å². The lowest BCUT2D eigenvalue weighted by Gasteiger charge is -2.15. The molecular formula is C19H20ClF2IN6O. The summed E-state index contributed by atoms with van der Waals surface area (Å²) in [6, 6.07) is 12.3. The number of halogens is 4. The average molecular weight is 549 g/mol. The minimum absolute atomic E-state index is 0. The third kappa shape index (κ3) is 6.80. The Morgan fingerprint density at radius 3 is 2.53 bits per heavy atom. The van der Waals surface area contributed by atoms with Crippen LogP contribution in [0.3, 0.4) is 0 Å². The average Bonchev–Trinajstić information content (AvgIpc) is 3.25. The number of benzene rings is 2. The SMILES string of the molecule is CN=C(NCc1ccc(-n2cncn2)cc1)NCc1cc(Cl)ccc1OC(F)F.I. The van der Waals surface area contributed by atoms with Gasteiger partial charge in [-0.05, 0) is 35.9 Å². The van der Waals surface area contributed by atoms with Crippen LogP contribution >= 0.6 is 35.6 Å². The first-order valence-electron chi connectivity index (χ1n) is 8.67. The quantitative estimate of drug-likeness (QED) is 0.265. The molecule has 0 saturated carbocycles. The van der Waals surface area contributed by atoms with Crippen LogP contribution in [0.2, 0.25) is 5.02 Å². The van der Waals surface area contributed by atoms with E-state index in [1.54, 1.807) is 24.1 Å². The van der Waals surface area contributed by atoms with Crippen molar-refractivity contribution in [2.45, 2.75) is 19.7 Å². The van der Waals surface area contributed by atoms with Crippen molar-refractivity contribution in [2.24, 2.45) is 4.99 Å². The fourth-order valence-corrected chi connectivity index (χ4v) is 2.79. The van der Waals surface area contributed by atoms with Crippen molar-refractivity contribution in [3.63, 3.8) is 0 Å². The maximum absolute atomic E-state index is 12.6. The maximum atomic E-state index is 12.6. The molecule has 2 N–H and O–H groups in total. The third-order valence-electron chi connectivity index (χ3n) is 3.99. The number of hydrogen-bond acceptors (Lipinski definition) is 4. The third-order valence-corrected chi connectivity index (χ3v) is 4.22. The molecule has 1 aromatic heterocycles. The summed E-state index contributed by atoms with van der Waals surface area (Å²) >= 11 is 5.97. The topological polar surface area (TPSA) is 76.4 Å². The molecule has 160 valence electrons. The molecule has 0 aliphatic rings. The fraction of sp³-hybridized carbons (Fsp3) is 0.211. The van der Waals surface area contributed by atoms with Crippen LogP contribution in [0.15, 0.2) is 60.1 Å². The summed E-state index contributed by atoms with van der Waals surface area (Å²) in [5, 5.41) is 10.7. The van der Waals surface area contributed by atoms with Crippen LogP contribution in [0.1, 0.15) is 11.1 Å². The molecular weight excluding hydrogens is 529 g/mol. The van der Waals surface area contributed by atoms with Gasteiger partial charge < -0.3 is 15.4 Å². The molecule has 0 atom stereocenters. The zero-order valence-electron chi connectivity index (χ0n) is 15.9. The molecule has 30 heavy (non-hydrogen) atoms. The van der Waals surface area contributed by atoms with E-state index in [0.717, 1.165) is 11.3 Å². The van der Waals surface area contributed by atoms with Crippen molar-refractivity contribution in [3.8, 4) is 11.4 Å². The molecule has 0 fully saturated rings. The lowest BCUT2D eigenvalue weighted by Crippen LogP contribution is -2.36. The van der Waals surface area contributed by atoms with Gasteiger partial charge in [-0.1, -0.05) is 23.7 Å². The summed E-state index contributed by atoms with van der Waals surface area (Å²) in [6.45, 7) is -2.17. The zero-order valence-corrected chi connectivity index (χ0v) is 19.0. The van der Waals surface area contributed by atoms with Crippen LogP contribution in [0.25, 0.3) is 5.69 Å². The van der Waals surface area contributed by atoms with Crippen LogP contribution in [0.4, 0.5) is 8.78 Å². The van der Waals surface area contributed by atoms with Crippen molar-refractivity contribution in [1.29, 1.82) is 0 Å². The Morgan fingerprint density at radius 1 is 1.17 bits per heavy atom. The highest BCUT2D eigenvalue weighted by Crippen LogP contribution is 2.24. The van der Waals surface area contributed by atoms with E-state index in [-0.39, 0.29) is 36.3 Å². The zero-order chi connectivity index (χ0) is 20.6. The van der Waals surface area contributed by atoms with E-state index in [1.165, 1.54) is 18.5 Å². The number of ether oxygens (including phenoxy) is 1. The minimum atomic E-state index is -2.91. The first-order valence-corrected chi connectivity index (χ1v) is 9.04. The number of nitrogens with zero attached hydrogens (tertiary/aromatic N) is 4. The van der Waals surface area contributed by atoms with Gasteiger partial charge in [-0.25, -0.2) is 9.67 Å². The molecule has 3 rings (SSSR count). The van der Waals surface area contributed by atoms with Crippen LogP contribution in [0, 0.1) is 0 Å². The van der Waals surface area contributed by atoms with E-state index in [9.17, 15) is 8.78 Å².